The molecule has 0 nitrogen and oxygen atoms in total. The van der Waals surface area contributed by atoms with Crippen molar-refractivity contribution in [2.75, 3.05) is 58.5 Å². The molecule has 0 spiro atoms. The molecule has 0 atom stereocenters. The van der Waals surface area contributed by atoms with E-state index in [0.717, 1.165) is 6.71 Å². The minimum atomic E-state index is 0.325. The lowest BCUT2D eigenvalue weighted by molar-refractivity contribution is 1.25. The lowest BCUT2D eigenvalue weighted by atomic mass is 9.44. The zero-order valence-electron chi connectivity index (χ0n) is 12.2. The third-order valence-electron chi connectivity index (χ3n) is 2.95. The average Bonchev–Trinajstić information content (AvgIpc) is 2.15. The molecular formula is C12H30BP3. The second kappa shape index (κ2) is 10.3. The Labute approximate surface area is 108 Å². The Morgan fingerprint density at radius 2 is 0.812 bits per heavy atom. The Hall–Kier alpha value is 1.35. The first kappa shape index (κ1) is 17.4. The monoisotopic (exact) mass is 278 g/mol. The minimum absolute atomic E-state index is 0.325. The highest BCUT2D eigenvalue weighted by Gasteiger charge is 2.14. The molecule has 16 heavy (non-hydrogen) atoms. The Bertz CT molecular complexity index is 132. The van der Waals surface area contributed by atoms with Crippen LogP contribution in [0.5, 0.6) is 0 Å². The summed E-state index contributed by atoms with van der Waals surface area (Å²) >= 11 is 0. The smallest absolute Gasteiger partial charge is 0.114 e. The fourth-order valence-electron chi connectivity index (χ4n) is 1.76. The summed E-state index contributed by atoms with van der Waals surface area (Å²) in [6.45, 7) is 15.6. The maximum Gasteiger partial charge on any atom is 0.140 e. The summed E-state index contributed by atoms with van der Waals surface area (Å²) in [5, 5.41) is 0. The maximum atomic E-state index is 2.42. The molecule has 0 aromatic heterocycles. The summed E-state index contributed by atoms with van der Waals surface area (Å²) in [6.07, 6.45) is 9.01. The predicted octanol–water partition coefficient (Wildman–Crippen LogP) is 4.71. The van der Waals surface area contributed by atoms with Gasteiger partial charge in [0.1, 0.15) is 6.71 Å². The van der Waals surface area contributed by atoms with Crippen molar-refractivity contribution in [2.45, 2.75) is 19.0 Å². The number of hydrogen-bond donors (Lipinski definition) is 0. The van der Waals surface area contributed by atoms with E-state index in [-0.39, 0.29) is 0 Å². The molecule has 0 aliphatic rings. The van der Waals surface area contributed by atoms with Crippen LogP contribution < -0.4 is 0 Å². The molecule has 96 valence electrons. The minimum Gasteiger partial charge on any atom is -0.114 e. The lowest BCUT2D eigenvalue weighted by Gasteiger charge is -2.17. The van der Waals surface area contributed by atoms with Crippen molar-refractivity contribution in [3.8, 4) is 0 Å². The highest BCUT2D eigenvalue weighted by Crippen LogP contribution is 2.33. The third-order valence-corrected chi connectivity index (χ3v) is 6.41. The molecule has 0 saturated heterocycles. The fraction of sp³-hybridized carbons (Fsp3) is 1.00. The van der Waals surface area contributed by atoms with Gasteiger partial charge in [0.05, 0.1) is 0 Å². The van der Waals surface area contributed by atoms with Crippen LogP contribution in [-0.2, 0) is 0 Å². The Balaban J connectivity index is 3.85. The quantitative estimate of drug-likeness (QED) is 0.423. The van der Waals surface area contributed by atoms with E-state index in [9.17, 15) is 0 Å². The zero-order valence-corrected chi connectivity index (χ0v) is 14.8. The molecule has 0 heterocycles. The van der Waals surface area contributed by atoms with Crippen LogP contribution >= 0.6 is 23.8 Å². The highest BCUT2D eigenvalue weighted by atomic mass is 31.1. The predicted molar refractivity (Wildman–Crippen MR) is 91.1 cm³/mol. The van der Waals surface area contributed by atoms with E-state index in [4.69, 9.17) is 0 Å². The van der Waals surface area contributed by atoms with Crippen molar-refractivity contribution in [2.24, 2.45) is 0 Å². The first-order valence-electron chi connectivity index (χ1n) is 6.36. The van der Waals surface area contributed by atoms with E-state index in [1.54, 1.807) is 0 Å². The summed E-state index contributed by atoms with van der Waals surface area (Å²) in [4.78, 5) is 0. The van der Waals surface area contributed by atoms with Crippen LogP contribution in [0.25, 0.3) is 0 Å². The van der Waals surface area contributed by atoms with Gasteiger partial charge in [0.15, 0.2) is 0 Å². The molecule has 0 rings (SSSR count). The second-order valence-electron chi connectivity index (χ2n) is 5.64. The van der Waals surface area contributed by atoms with Crippen molar-refractivity contribution in [1.82, 2.24) is 0 Å². The van der Waals surface area contributed by atoms with E-state index in [0.29, 0.717) is 23.8 Å². The highest BCUT2D eigenvalue weighted by molar-refractivity contribution is 7.56. The van der Waals surface area contributed by atoms with E-state index < -0.39 is 0 Å². The SMILES string of the molecule is CP(C)CCB(CCP(C)C)CCP(C)C. The van der Waals surface area contributed by atoms with Crippen LogP contribution in [0.1, 0.15) is 0 Å². The van der Waals surface area contributed by atoms with Gasteiger partial charge in [0, 0.05) is 0 Å². The largest absolute Gasteiger partial charge is 0.140 e. The summed E-state index contributed by atoms with van der Waals surface area (Å²) in [5.41, 5.74) is 0. The zero-order chi connectivity index (χ0) is 12.6. The van der Waals surface area contributed by atoms with Crippen LogP contribution in [0, 0.1) is 0 Å². The van der Waals surface area contributed by atoms with Crippen molar-refractivity contribution in [3.05, 3.63) is 0 Å². The summed E-state index contributed by atoms with van der Waals surface area (Å²) in [5.74, 6) is 0. The molecule has 0 saturated carbocycles. The lowest BCUT2D eigenvalue weighted by Crippen LogP contribution is -2.16. The maximum absolute atomic E-state index is 2.42. The van der Waals surface area contributed by atoms with Crippen molar-refractivity contribution < 1.29 is 0 Å². The molecule has 0 unspecified atom stereocenters. The van der Waals surface area contributed by atoms with Gasteiger partial charge in [-0.2, -0.15) is 0 Å². The second-order valence-corrected chi connectivity index (χ2v) is 13.5. The molecule has 0 fully saturated rings. The number of hydrogen-bond acceptors (Lipinski definition) is 0. The first-order chi connectivity index (χ1) is 7.41. The van der Waals surface area contributed by atoms with Gasteiger partial charge in [-0.15, -0.1) is 23.8 Å². The molecule has 0 aromatic carbocycles. The molecule has 0 bridgehead atoms. The average molecular weight is 278 g/mol. The molecule has 0 aliphatic carbocycles. The standard InChI is InChI=1S/C12H30BP3/c1-14(2)10-7-13(8-11-15(3)4)9-12-16(5)6/h7-12H2,1-6H3. The van der Waals surface area contributed by atoms with E-state index in [1.807, 2.05) is 0 Å². The van der Waals surface area contributed by atoms with Gasteiger partial charge in [-0.05, 0) is 58.5 Å². The van der Waals surface area contributed by atoms with E-state index >= 15 is 0 Å². The van der Waals surface area contributed by atoms with Crippen LogP contribution in [0.4, 0.5) is 0 Å². The van der Waals surface area contributed by atoms with Crippen LogP contribution in [0.15, 0.2) is 0 Å². The van der Waals surface area contributed by atoms with Gasteiger partial charge in [0.2, 0.25) is 0 Å². The topological polar surface area (TPSA) is 0 Å². The molecule has 0 amide bonds. The molecule has 0 N–H and O–H groups in total. The summed E-state index contributed by atoms with van der Waals surface area (Å²) in [6, 6.07) is 0. The van der Waals surface area contributed by atoms with E-state index in [2.05, 4.69) is 40.0 Å². The summed E-state index contributed by atoms with van der Waals surface area (Å²) in [7, 11) is 0.976. The number of rotatable bonds is 9. The first-order valence-corrected chi connectivity index (χ1v) is 13.6. The fourth-order valence-corrected chi connectivity index (χ4v) is 4.40. The Morgan fingerprint density at radius 1 is 0.562 bits per heavy atom. The molecule has 0 aromatic rings. The molecule has 0 aliphatic heterocycles. The Kier molecular flexibility index (Phi) is 11.2. The van der Waals surface area contributed by atoms with Crippen molar-refractivity contribution in [3.63, 3.8) is 0 Å². The third kappa shape index (κ3) is 11.8. The normalized spacial score (nSPS) is 11.8. The van der Waals surface area contributed by atoms with Gasteiger partial charge in [-0.25, -0.2) is 0 Å². The van der Waals surface area contributed by atoms with Gasteiger partial charge >= 0.3 is 0 Å². The van der Waals surface area contributed by atoms with Crippen molar-refractivity contribution in [1.29, 1.82) is 0 Å². The summed E-state index contributed by atoms with van der Waals surface area (Å²) < 4.78 is 0. The molecular weight excluding hydrogens is 248 g/mol. The van der Waals surface area contributed by atoms with Gasteiger partial charge < -0.3 is 0 Å². The van der Waals surface area contributed by atoms with Gasteiger partial charge in [-0.1, -0.05) is 19.0 Å². The molecule has 4 heteroatoms. The van der Waals surface area contributed by atoms with E-state index in [1.165, 1.54) is 37.4 Å². The molecule has 0 radical (unpaired) electrons. The van der Waals surface area contributed by atoms with Gasteiger partial charge in [-0.3, -0.25) is 0 Å². The Morgan fingerprint density at radius 3 is 1.00 bits per heavy atom. The van der Waals surface area contributed by atoms with Gasteiger partial charge in [0.25, 0.3) is 0 Å². The van der Waals surface area contributed by atoms with Crippen LogP contribution in [0.3, 0.4) is 0 Å². The van der Waals surface area contributed by atoms with Crippen LogP contribution in [0.2, 0.25) is 19.0 Å². The van der Waals surface area contributed by atoms with Crippen LogP contribution in [-0.4, -0.2) is 65.2 Å². The van der Waals surface area contributed by atoms with Crippen molar-refractivity contribution >= 4 is 30.5 Å².